The lowest BCUT2D eigenvalue weighted by atomic mass is 10.2. The molecule has 1 saturated carbocycles. The van der Waals surface area contributed by atoms with E-state index < -0.39 is 5.60 Å². The molecule has 9 heteroatoms. The SMILES string of the molecule is OC1(c2cnnn2-c2nnc3c4ccccc4n4cncc4n23)CC1. The number of hydrogen-bond donors (Lipinski definition) is 1. The van der Waals surface area contributed by atoms with Crippen molar-refractivity contribution in [1.82, 2.24) is 39.0 Å². The minimum Gasteiger partial charge on any atom is -0.383 e. The number of rotatable bonds is 2. The van der Waals surface area contributed by atoms with Crippen LogP contribution >= 0.6 is 0 Å². The number of aliphatic hydroxyl groups is 1. The molecule has 0 aliphatic heterocycles. The first-order valence-electron chi connectivity index (χ1n) is 7.98. The van der Waals surface area contributed by atoms with Gasteiger partial charge in [-0.3, -0.25) is 4.40 Å². The molecule has 1 aliphatic rings. The molecular formula is C16H12N8O. The van der Waals surface area contributed by atoms with E-state index in [0.717, 1.165) is 16.6 Å². The van der Waals surface area contributed by atoms with E-state index >= 15 is 0 Å². The molecule has 0 radical (unpaired) electrons. The van der Waals surface area contributed by atoms with Gasteiger partial charge in [-0.1, -0.05) is 17.3 Å². The van der Waals surface area contributed by atoms with Gasteiger partial charge in [0.25, 0.3) is 5.95 Å². The van der Waals surface area contributed by atoms with Gasteiger partial charge < -0.3 is 5.11 Å². The molecule has 1 N–H and O–H groups in total. The summed E-state index contributed by atoms with van der Waals surface area (Å²) in [6.45, 7) is 0. The van der Waals surface area contributed by atoms with E-state index in [1.807, 2.05) is 33.1 Å². The minimum absolute atomic E-state index is 0.485. The third-order valence-electron chi connectivity index (χ3n) is 4.84. The molecule has 1 aromatic carbocycles. The predicted octanol–water partition coefficient (Wildman–Crippen LogP) is 1.09. The molecule has 5 aromatic rings. The molecular weight excluding hydrogens is 320 g/mol. The summed E-state index contributed by atoms with van der Waals surface area (Å²) in [6.07, 6.45) is 6.50. The van der Waals surface area contributed by atoms with Gasteiger partial charge in [0.1, 0.15) is 17.6 Å². The van der Waals surface area contributed by atoms with E-state index in [9.17, 15) is 5.11 Å². The molecule has 9 nitrogen and oxygen atoms in total. The van der Waals surface area contributed by atoms with Crippen LogP contribution in [0.3, 0.4) is 0 Å². The zero-order valence-corrected chi connectivity index (χ0v) is 13.0. The van der Waals surface area contributed by atoms with E-state index in [0.29, 0.717) is 30.1 Å². The molecule has 0 spiro atoms. The van der Waals surface area contributed by atoms with Gasteiger partial charge in [0.2, 0.25) is 0 Å². The van der Waals surface area contributed by atoms with E-state index in [1.165, 1.54) is 0 Å². The Bertz CT molecular complexity index is 1280. The summed E-state index contributed by atoms with van der Waals surface area (Å²) < 4.78 is 5.44. The Balaban J connectivity index is 1.78. The minimum atomic E-state index is -0.872. The molecule has 0 amide bonds. The van der Waals surface area contributed by atoms with Crippen molar-refractivity contribution >= 4 is 22.2 Å². The van der Waals surface area contributed by atoms with Gasteiger partial charge in [-0.25, -0.2) is 9.38 Å². The maximum atomic E-state index is 10.5. The van der Waals surface area contributed by atoms with Crippen molar-refractivity contribution in [2.45, 2.75) is 18.4 Å². The van der Waals surface area contributed by atoms with Crippen LogP contribution in [0, 0.1) is 0 Å². The Morgan fingerprint density at radius 3 is 2.84 bits per heavy atom. The highest BCUT2D eigenvalue weighted by Crippen LogP contribution is 2.45. The molecule has 4 heterocycles. The van der Waals surface area contributed by atoms with Crippen LogP contribution in [0.2, 0.25) is 0 Å². The zero-order valence-electron chi connectivity index (χ0n) is 13.0. The van der Waals surface area contributed by atoms with Crippen LogP contribution in [-0.4, -0.2) is 44.1 Å². The van der Waals surface area contributed by atoms with Gasteiger partial charge in [0.05, 0.1) is 23.6 Å². The third kappa shape index (κ3) is 1.57. The zero-order chi connectivity index (χ0) is 16.6. The summed E-state index contributed by atoms with van der Waals surface area (Å²) in [4.78, 5) is 4.28. The van der Waals surface area contributed by atoms with Crippen molar-refractivity contribution in [3.05, 3.63) is 48.7 Å². The summed E-state index contributed by atoms with van der Waals surface area (Å²) in [5, 5.41) is 28.3. The van der Waals surface area contributed by atoms with Gasteiger partial charge in [-0.15, -0.1) is 15.3 Å². The highest BCUT2D eigenvalue weighted by molar-refractivity contribution is 5.94. The normalized spacial score (nSPS) is 16.2. The summed E-state index contributed by atoms with van der Waals surface area (Å²) in [7, 11) is 0. The summed E-state index contributed by atoms with van der Waals surface area (Å²) in [6, 6.07) is 7.96. The lowest BCUT2D eigenvalue weighted by Gasteiger charge is -2.10. The first-order valence-corrected chi connectivity index (χ1v) is 7.98. The fraction of sp³-hybridized carbons (Fsp3) is 0.188. The second kappa shape index (κ2) is 4.19. The van der Waals surface area contributed by atoms with Gasteiger partial charge in [0.15, 0.2) is 5.65 Å². The van der Waals surface area contributed by atoms with E-state index in [4.69, 9.17) is 0 Å². The second-order valence-electron chi connectivity index (χ2n) is 6.36. The van der Waals surface area contributed by atoms with E-state index in [1.54, 1.807) is 23.4 Å². The van der Waals surface area contributed by atoms with Gasteiger partial charge in [-0.2, -0.15) is 4.68 Å². The smallest absolute Gasteiger partial charge is 0.259 e. The summed E-state index contributed by atoms with van der Waals surface area (Å²) in [5.41, 5.74) is 2.29. The molecule has 1 aliphatic carbocycles. The number of hydrogen-bond acceptors (Lipinski definition) is 6. The van der Waals surface area contributed by atoms with Gasteiger partial charge in [0, 0.05) is 5.39 Å². The third-order valence-corrected chi connectivity index (χ3v) is 4.84. The molecule has 0 bridgehead atoms. The lowest BCUT2D eigenvalue weighted by Crippen LogP contribution is -2.15. The number of fused-ring (bicyclic) bond motifs is 6. The quantitative estimate of drug-likeness (QED) is 0.520. The van der Waals surface area contributed by atoms with Gasteiger partial charge in [-0.05, 0) is 25.0 Å². The van der Waals surface area contributed by atoms with Crippen molar-refractivity contribution in [3.63, 3.8) is 0 Å². The highest BCUT2D eigenvalue weighted by atomic mass is 16.3. The van der Waals surface area contributed by atoms with Crippen LogP contribution in [0.25, 0.3) is 28.1 Å². The van der Waals surface area contributed by atoms with Crippen LogP contribution in [-0.2, 0) is 5.60 Å². The lowest BCUT2D eigenvalue weighted by molar-refractivity contribution is 0.143. The molecule has 1 fully saturated rings. The Morgan fingerprint density at radius 1 is 1.08 bits per heavy atom. The van der Waals surface area contributed by atoms with Crippen LogP contribution < -0.4 is 0 Å². The number of aromatic nitrogens is 8. The van der Waals surface area contributed by atoms with Crippen molar-refractivity contribution < 1.29 is 5.11 Å². The Kier molecular flexibility index (Phi) is 2.18. The van der Waals surface area contributed by atoms with Crippen LogP contribution in [0.5, 0.6) is 0 Å². The van der Waals surface area contributed by atoms with Crippen molar-refractivity contribution in [2.75, 3.05) is 0 Å². The van der Waals surface area contributed by atoms with Crippen molar-refractivity contribution in [1.29, 1.82) is 0 Å². The van der Waals surface area contributed by atoms with Crippen molar-refractivity contribution in [2.24, 2.45) is 0 Å². The number of nitrogens with zero attached hydrogens (tertiary/aromatic N) is 8. The monoisotopic (exact) mass is 332 g/mol. The van der Waals surface area contributed by atoms with Crippen LogP contribution in [0.15, 0.2) is 43.0 Å². The molecule has 0 saturated heterocycles. The summed E-state index contributed by atoms with van der Waals surface area (Å²) in [5.74, 6) is 0.485. The standard InChI is InChI=1S/C16H12N8O/c25-16(5-6-16)12-7-18-21-24(12)15-20-19-14-10-3-1-2-4-11(10)22-9-17-8-13(22)23(14)15/h1-4,7-9,25H,5-6H2. The average Bonchev–Trinajstić information content (AvgIpc) is 3.12. The largest absolute Gasteiger partial charge is 0.383 e. The van der Waals surface area contributed by atoms with E-state index in [-0.39, 0.29) is 0 Å². The average molecular weight is 332 g/mol. The van der Waals surface area contributed by atoms with Gasteiger partial charge >= 0.3 is 0 Å². The van der Waals surface area contributed by atoms with Crippen LogP contribution in [0.4, 0.5) is 0 Å². The molecule has 122 valence electrons. The Hall–Kier alpha value is -3.33. The molecule has 0 unspecified atom stereocenters. The fourth-order valence-electron chi connectivity index (χ4n) is 3.39. The maximum Gasteiger partial charge on any atom is 0.259 e. The first-order chi connectivity index (χ1) is 12.3. The number of imidazole rings is 1. The molecule has 6 rings (SSSR count). The molecule has 25 heavy (non-hydrogen) atoms. The number of para-hydroxylation sites is 1. The predicted molar refractivity (Wildman–Crippen MR) is 87.3 cm³/mol. The second-order valence-corrected chi connectivity index (χ2v) is 6.36. The number of benzene rings is 1. The molecule has 4 aromatic heterocycles. The van der Waals surface area contributed by atoms with Crippen molar-refractivity contribution in [3.8, 4) is 5.95 Å². The highest BCUT2D eigenvalue weighted by Gasteiger charge is 2.46. The Labute approximate surface area is 140 Å². The Morgan fingerprint density at radius 2 is 1.96 bits per heavy atom. The molecule has 0 atom stereocenters. The van der Waals surface area contributed by atoms with E-state index in [2.05, 4.69) is 25.5 Å². The summed E-state index contributed by atoms with van der Waals surface area (Å²) >= 11 is 0. The first kappa shape index (κ1) is 13.0. The topological polar surface area (TPSA) is 98.4 Å². The fourth-order valence-corrected chi connectivity index (χ4v) is 3.39. The van der Waals surface area contributed by atoms with Crippen LogP contribution in [0.1, 0.15) is 18.5 Å². The maximum absolute atomic E-state index is 10.5.